The van der Waals surface area contributed by atoms with Gasteiger partial charge in [-0.05, 0) is 19.1 Å². The number of aromatic nitrogens is 1. The first kappa shape index (κ1) is 11.1. The fourth-order valence-corrected chi connectivity index (χ4v) is 1.67. The van der Waals surface area contributed by atoms with Gasteiger partial charge in [0.05, 0.1) is 11.1 Å². The summed E-state index contributed by atoms with van der Waals surface area (Å²) in [7, 11) is 0. The Balaban J connectivity index is 2.59. The van der Waals surface area contributed by atoms with E-state index in [2.05, 4.69) is 10.3 Å². The lowest BCUT2D eigenvalue weighted by atomic mass is 10.1. The lowest BCUT2D eigenvalue weighted by molar-refractivity contribution is 0.0967. The summed E-state index contributed by atoms with van der Waals surface area (Å²) in [5.41, 5.74) is 6.74. The molecular weight excluding hydrogens is 218 g/mol. The Morgan fingerprint density at radius 3 is 2.71 bits per heavy atom. The number of nitrogens with zero attached hydrogens (tertiary/aromatic N) is 1. The van der Waals surface area contributed by atoms with Gasteiger partial charge >= 0.3 is 6.03 Å². The molecule has 0 aliphatic rings. The summed E-state index contributed by atoms with van der Waals surface area (Å²) in [6.07, 6.45) is 0. The number of imide groups is 1. The van der Waals surface area contributed by atoms with Crippen LogP contribution in [0.25, 0.3) is 10.9 Å². The molecule has 0 bridgehead atoms. The summed E-state index contributed by atoms with van der Waals surface area (Å²) in [6, 6.07) is 7.99. The Kier molecular flexibility index (Phi) is 2.74. The Morgan fingerprint density at radius 1 is 1.29 bits per heavy atom. The van der Waals surface area contributed by atoms with Crippen LogP contribution in [0.2, 0.25) is 0 Å². The van der Waals surface area contributed by atoms with Crippen LogP contribution in [0.4, 0.5) is 4.79 Å². The highest BCUT2D eigenvalue weighted by molar-refractivity contribution is 6.11. The maximum Gasteiger partial charge on any atom is 0.319 e. The van der Waals surface area contributed by atoms with Crippen LogP contribution in [0.15, 0.2) is 30.3 Å². The van der Waals surface area contributed by atoms with Crippen molar-refractivity contribution in [3.63, 3.8) is 0 Å². The summed E-state index contributed by atoms with van der Waals surface area (Å²) in [5, 5.41) is 2.74. The molecular formula is C12H11N3O2. The molecule has 0 fully saturated rings. The molecule has 3 amide bonds. The van der Waals surface area contributed by atoms with Crippen LogP contribution in [0.5, 0.6) is 0 Å². The molecule has 0 saturated carbocycles. The molecule has 0 spiro atoms. The quantitative estimate of drug-likeness (QED) is 0.774. The first-order valence-corrected chi connectivity index (χ1v) is 5.05. The second-order valence-electron chi connectivity index (χ2n) is 3.65. The highest BCUT2D eigenvalue weighted by atomic mass is 16.2. The minimum absolute atomic E-state index is 0.395. The monoisotopic (exact) mass is 229 g/mol. The molecule has 0 radical (unpaired) electrons. The number of nitrogens with one attached hydrogen (secondary N) is 1. The molecule has 1 aromatic heterocycles. The van der Waals surface area contributed by atoms with Crippen molar-refractivity contribution in [2.45, 2.75) is 6.92 Å². The maximum atomic E-state index is 11.8. The number of hydrogen-bond donors (Lipinski definition) is 2. The summed E-state index contributed by atoms with van der Waals surface area (Å²) in [6.45, 7) is 1.79. The number of primary amides is 1. The third-order valence-electron chi connectivity index (χ3n) is 2.33. The van der Waals surface area contributed by atoms with Crippen molar-refractivity contribution in [1.29, 1.82) is 0 Å². The van der Waals surface area contributed by atoms with Gasteiger partial charge in [-0.25, -0.2) is 4.79 Å². The minimum Gasteiger partial charge on any atom is -0.351 e. The van der Waals surface area contributed by atoms with Gasteiger partial charge in [-0.15, -0.1) is 0 Å². The number of amides is 3. The number of hydrogen-bond acceptors (Lipinski definition) is 3. The number of carbonyl (C=O) groups excluding carboxylic acids is 2. The largest absolute Gasteiger partial charge is 0.351 e. The number of para-hydroxylation sites is 1. The number of pyridine rings is 1. The zero-order valence-electron chi connectivity index (χ0n) is 9.23. The Morgan fingerprint density at radius 2 is 2.00 bits per heavy atom. The third kappa shape index (κ3) is 2.23. The number of nitrogens with two attached hydrogens (primary N) is 1. The molecule has 0 unspecified atom stereocenters. The Bertz CT molecular complexity index is 608. The molecule has 2 rings (SSSR count). The molecule has 17 heavy (non-hydrogen) atoms. The average Bonchev–Trinajstić information content (AvgIpc) is 2.26. The van der Waals surface area contributed by atoms with Crippen LogP contribution in [0, 0.1) is 6.92 Å². The SMILES string of the molecule is Cc1cc(C(=O)NC(N)=O)c2ccccc2n1. The minimum atomic E-state index is -0.867. The number of benzene rings is 1. The van der Waals surface area contributed by atoms with E-state index >= 15 is 0 Å². The number of carbonyl (C=O) groups is 2. The summed E-state index contributed by atoms with van der Waals surface area (Å²) in [4.78, 5) is 26.8. The van der Waals surface area contributed by atoms with Crippen molar-refractivity contribution < 1.29 is 9.59 Å². The lowest BCUT2D eigenvalue weighted by Gasteiger charge is -2.06. The van der Waals surface area contributed by atoms with Gasteiger partial charge in [0.1, 0.15) is 0 Å². The van der Waals surface area contributed by atoms with Crippen molar-refractivity contribution in [3.05, 3.63) is 41.6 Å². The first-order valence-electron chi connectivity index (χ1n) is 5.05. The Labute approximate surface area is 97.6 Å². The molecule has 5 nitrogen and oxygen atoms in total. The van der Waals surface area contributed by atoms with Crippen LogP contribution < -0.4 is 11.1 Å². The van der Waals surface area contributed by atoms with E-state index in [1.807, 2.05) is 12.1 Å². The van der Waals surface area contributed by atoms with E-state index < -0.39 is 11.9 Å². The standard InChI is InChI=1S/C12H11N3O2/c1-7-6-9(11(16)15-12(13)17)8-4-2-3-5-10(8)14-7/h2-6H,1H3,(H3,13,15,16,17). The molecule has 0 atom stereocenters. The van der Waals surface area contributed by atoms with E-state index in [0.29, 0.717) is 22.2 Å². The van der Waals surface area contributed by atoms with Gasteiger partial charge in [-0.3, -0.25) is 15.1 Å². The normalized spacial score (nSPS) is 10.2. The molecule has 5 heteroatoms. The summed E-state index contributed by atoms with van der Waals surface area (Å²) in [5.74, 6) is -0.515. The van der Waals surface area contributed by atoms with E-state index in [1.165, 1.54) is 0 Å². The van der Waals surface area contributed by atoms with E-state index in [0.717, 1.165) is 0 Å². The predicted molar refractivity (Wildman–Crippen MR) is 63.5 cm³/mol. The van der Waals surface area contributed by atoms with E-state index in [9.17, 15) is 9.59 Å². The predicted octanol–water partition coefficient (Wildman–Crippen LogP) is 1.35. The zero-order chi connectivity index (χ0) is 12.4. The van der Waals surface area contributed by atoms with Crippen LogP contribution in [0.1, 0.15) is 16.1 Å². The van der Waals surface area contributed by atoms with E-state index in [1.54, 1.807) is 25.1 Å². The van der Waals surface area contributed by atoms with Gasteiger partial charge in [-0.2, -0.15) is 0 Å². The third-order valence-corrected chi connectivity index (χ3v) is 2.33. The van der Waals surface area contributed by atoms with Gasteiger partial charge < -0.3 is 5.73 Å². The number of urea groups is 1. The smallest absolute Gasteiger partial charge is 0.319 e. The van der Waals surface area contributed by atoms with Gasteiger partial charge in [0.15, 0.2) is 0 Å². The van der Waals surface area contributed by atoms with E-state index in [4.69, 9.17) is 5.73 Å². The van der Waals surface area contributed by atoms with Crippen molar-refractivity contribution in [3.8, 4) is 0 Å². The van der Waals surface area contributed by atoms with Crippen molar-refractivity contribution in [2.75, 3.05) is 0 Å². The van der Waals surface area contributed by atoms with Crippen LogP contribution >= 0.6 is 0 Å². The van der Waals surface area contributed by atoms with Gasteiger partial charge in [0.2, 0.25) is 0 Å². The lowest BCUT2D eigenvalue weighted by Crippen LogP contribution is -2.35. The Hall–Kier alpha value is -2.43. The fourth-order valence-electron chi connectivity index (χ4n) is 1.67. The number of fused-ring (bicyclic) bond motifs is 1. The number of rotatable bonds is 1. The van der Waals surface area contributed by atoms with Gasteiger partial charge in [0.25, 0.3) is 5.91 Å². The second-order valence-corrected chi connectivity index (χ2v) is 3.65. The van der Waals surface area contributed by atoms with Crippen LogP contribution in [-0.4, -0.2) is 16.9 Å². The van der Waals surface area contributed by atoms with E-state index in [-0.39, 0.29) is 0 Å². The van der Waals surface area contributed by atoms with Gasteiger partial charge in [0, 0.05) is 11.1 Å². The topological polar surface area (TPSA) is 85.1 Å². The highest BCUT2D eigenvalue weighted by Gasteiger charge is 2.12. The highest BCUT2D eigenvalue weighted by Crippen LogP contribution is 2.17. The fraction of sp³-hybridized carbons (Fsp3) is 0.0833. The van der Waals surface area contributed by atoms with Crippen LogP contribution in [-0.2, 0) is 0 Å². The number of aryl methyl sites for hydroxylation is 1. The molecule has 3 N–H and O–H groups in total. The first-order chi connectivity index (χ1) is 8.08. The van der Waals surface area contributed by atoms with Crippen molar-refractivity contribution >= 4 is 22.8 Å². The second kappa shape index (κ2) is 4.21. The molecule has 86 valence electrons. The van der Waals surface area contributed by atoms with Crippen LogP contribution in [0.3, 0.4) is 0 Å². The molecule has 2 aromatic rings. The van der Waals surface area contributed by atoms with Crippen molar-refractivity contribution in [2.24, 2.45) is 5.73 Å². The molecule has 0 saturated heterocycles. The molecule has 1 heterocycles. The molecule has 0 aliphatic heterocycles. The molecule has 1 aromatic carbocycles. The van der Waals surface area contributed by atoms with Gasteiger partial charge in [-0.1, -0.05) is 18.2 Å². The average molecular weight is 229 g/mol. The summed E-state index contributed by atoms with van der Waals surface area (Å²) < 4.78 is 0. The zero-order valence-corrected chi connectivity index (χ0v) is 9.23. The van der Waals surface area contributed by atoms with Crippen molar-refractivity contribution in [1.82, 2.24) is 10.3 Å². The summed E-state index contributed by atoms with van der Waals surface area (Å²) >= 11 is 0. The molecule has 0 aliphatic carbocycles. The maximum absolute atomic E-state index is 11.8.